The molecule has 1 aliphatic rings. The second-order valence-corrected chi connectivity index (χ2v) is 5.31. The average molecular weight is 281 g/mol. The number of amides is 1. The van der Waals surface area contributed by atoms with Crippen LogP contribution < -0.4 is 16.4 Å². The number of nitrogens with two attached hydrogens (primary N) is 1. The van der Waals surface area contributed by atoms with E-state index < -0.39 is 0 Å². The van der Waals surface area contributed by atoms with Gasteiger partial charge in [0, 0.05) is 18.7 Å². The molecular weight excluding hydrogens is 262 g/mol. The summed E-state index contributed by atoms with van der Waals surface area (Å²) in [4.78, 5) is 11.5. The molecule has 0 saturated heterocycles. The van der Waals surface area contributed by atoms with Crippen molar-refractivity contribution in [3.05, 3.63) is 53.6 Å². The summed E-state index contributed by atoms with van der Waals surface area (Å²) in [5, 5.41) is 6.25. The Morgan fingerprint density at radius 2 is 1.95 bits per heavy atom. The number of hydrogen-bond donors (Lipinski definition) is 3. The first-order valence-corrected chi connectivity index (χ1v) is 7.22. The van der Waals surface area contributed by atoms with E-state index in [0.717, 1.165) is 42.0 Å². The zero-order valence-electron chi connectivity index (χ0n) is 11.9. The minimum atomic E-state index is 0.0718. The van der Waals surface area contributed by atoms with E-state index in [4.69, 9.17) is 5.73 Å². The first-order valence-electron chi connectivity index (χ1n) is 7.22. The third kappa shape index (κ3) is 3.16. The predicted molar refractivity (Wildman–Crippen MR) is 86.4 cm³/mol. The van der Waals surface area contributed by atoms with Crippen LogP contribution in [0.2, 0.25) is 0 Å². The minimum Gasteiger partial charge on any atom is -0.397 e. The topological polar surface area (TPSA) is 67.2 Å². The third-order valence-electron chi connectivity index (χ3n) is 3.74. The lowest BCUT2D eigenvalue weighted by Crippen LogP contribution is -2.19. The molecular formula is C17H19N3O. The quantitative estimate of drug-likeness (QED) is 0.755. The molecule has 0 fully saturated rings. The highest BCUT2D eigenvalue weighted by Crippen LogP contribution is 2.30. The van der Waals surface area contributed by atoms with Gasteiger partial charge in [0.05, 0.1) is 11.4 Å². The maximum Gasteiger partial charge on any atom is 0.224 e. The van der Waals surface area contributed by atoms with Gasteiger partial charge in [0.2, 0.25) is 5.91 Å². The Kier molecular flexibility index (Phi) is 3.77. The molecule has 4 heteroatoms. The van der Waals surface area contributed by atoms with Crippen LogP contribution >= 0.6 is 0 Å². The fourth-order valence-electron chi connectivity index (χ4n) is 2.59. The number of aryl methyl sites for hydroxylation is 1. The molecule has 0 radical (unpaired) electrons. The van der Waals surface area contributed by atoms with Crippen molar-refractivity contribution in [3.63, 3.8) is 0 Å². The van der Waals surface area contributed by atoms with Gasteiger partial charge in [-0.2, -0.15) is 0 Å². The minimum absolute atomic E-state index is 0.0718. The molecule has 0 spiro atoms. The molecule has 2 aromatic carbocycles. The van der Waals surface area contributed by atoms with Gasteiger partial charge in [-0.3, -0.25) is 4.79 Å². The smallest absolute Gasteiger partial charge is 0.224 e. The number of nitrogen functional groups attached to an aromatic ring is 1. The van der Waals surface area contributed by atoms with Crippen molar-refractivity contribution >= 4 is 23.0 Å². The molecule has 21 heavy (non-hydrogen) atoms. The van der Waals surface area contributed by atoms with Gasteiger partial charge >= 0.3 is 0 Å². The molecule has 0 atom stereocenters. The second kappa shape index (κ2) is 5.87. The van der Waals surface area contributed by atoms with Crippen LogP contribution in [-0.2, 0) is 17.6 Å². The Balaban J connectivity index is 1.68. The van der Waals surface area contributed by atoms with Gasteiger partial charge in [0.1, 0.15) is 0 Å². The molecule has 0 unspecified atom stereocenters. The predicted octanol–water partition coefficient (Wildman–Crippen LogP) is 2.81. The Morgan fingerprint density at radius 3 is 2.76 bits per heavy atom. The summed E-state index contributed by atoms with van der Waals surface area (Å²) in [7, 11) is 0. The van der Waals surface area contributed by atoms with E-state index in [1.807, 2.05) is 30.3 Å². The van der Waals surface area contributed by atoms with Crippen LogP contribution in [0.3, 0.4) is 0 Å². The molecule has 0 bridgehead atoms. The van der Waals surface area contributed by atoms with Crippen molar-refractivity contribution in [2.75, 3.05) is 22.9 Å². The Morgan fingerprint density at radius 1 is 1.14 bits per heavy atom. The van der Waals surface area contributed by atoms with Crippen LogP contribution in [0.4, 0.5) is 17.1 Å². The summed E-state index contributed by atoms with van der Waals surface area (Å²) in [5.74, 6) is 0.0718. The Labute approximate surface area is 124 Å². The molecule has 1 heterocycles. The van der Waals surface area contributed by atoms with Gasteiger partial charge in [0.15, 0.2) is 0 Å². The van der Waals surface area contributed by atoms with Crippen molar-refractivity contribution in [3.8, 4) is 0 Å². The van der Waals surface area contributed by atoms with Gasteiger partial charge < -0.3 is 16.4 Å². The van der Waals surface area contributed by atoms with Crippen LogP contribution in [0, 0.1) is 0 Å². The molecule has 0 aromatic heterocycles. The maximum atomic E-state index is 11.5. The van der Waals surface area contributed by atoms with E-state index in [1.54, 1.807) is 0 Å². The number of nitrogens with one attached hydrogen (secondary N) is 2. The third-order valence-corrected chi connectivity index (χ3v) is 3.74. The van der Waals surface area contributed by atoms with Gasteiger partial charge in [0.25, 0.3) is 0 Å². The summed E-state index contributed by atoms with van der Waals surface area (Å²) in [6, 6.07) is 14.2. The van der Waals surface area contributed by atoms with Crippen molar-refractivity contribution < 1.29 is 4.79 Å². The molecule has 4 N–H and O–H groups in total. The van der Waals surface area contributed by atoms with E-state index in [1.165, 1.54) is 5.56 Å². The zero-order valence-corrected chi connectivity index (χ0v) is 11.9. The molecule has 1 aliphatic heterocycles. The largest absolute Gasteiger partial charge is 0.397 e. The van der Waals surface area contributed by atoms with Crippen molar-refractivity contribution in [2.24, 2.45) is 0 Å². The molecule has 3 rings (SSSR count). The fourth-order valence-corrected chi connectivity index (χ4v) is 2.59. The van der Waals surface area contributed by atoms with Crippen LogP contribution in [-0.4, -0.2) is 12.5 Å². The van der Waals surface area contributed by atoms with E-state index in [2.05, 4.69) is 22.8 Å². The Bertz CT molecular complexity index is 653. The van der Waals surface area contributed by atoms with Gasteiger partial charge in [-0.05, 0) is 36.1 Å². The van der Waals surface area contributed by atoms with E-state index in [9.17, 15) is 4.79 Å². The Hall–Kier alpha value is -2.49. The summed E-state index contributed by atoms with van der Waals surface area (Å²) >= 11 is 0. The average Bonchev–Trinajstić information content (AvgIpc) is 2.49. The number of fused-ring (bicyclic) bond motifs is 1. The SMILES string of the molecule is Nc1cc2c(cc1NCCc1ccccc1)NC(=O)CC2. The van der Waals surface area contributed by atoms with E-state index >= 15 is 0 Å². The highest BCUT2D eigenvalue weighted by atomic mass is 16.1. The molecule has 2 aromatic rings. The van der Waals surface area contributed by atoms with Gasteiger partial charge in [-0.15, -0.1) is 0 Å². The molecule has 0 saturated carbocycles. The summed E-state index contributed by atoms with van der Waals surface area (Å²) in [6.45, 7) is 0.806. The van der Waals surface area contributed by atoms with Crippen LogP contribution in [0.15, 0.2) is 42.5 Å². The highest BCUT2D eigenvalue weighted by Gasteiger charge is 2.16. The summed E-state index contributed by atoms with van der Waals surface area (Å²) in [6.07, 6.45) is 2.23. The lowest BCUT2D eigenvalue weighted by atomic mass is 10.0. The van der Waals surface area contributed by atoms with Gasteiger partial charge in [-0.25, -0.2) is 0 Å². The van der Waals surface area contributed by atoms with Crippen LogP contribution in [0.5, 0.6) is 0 Å². The lowest BCUT2D eigenvalue weighted by molar-refractivity contribution is -0.116. The van der Waals surface area contributed by atoms with Crippen LogP contribution in [0.1, 0.15) is 17.5 Å². The highest BCUT2D eigenvalue weighted by molar-refractivity contribution is 5.95. The van der Waals surface area contributed by atoms with Gasteiger partial charge in [-0.1, -0.05) is 30.3 Å². The lowest BCUT2D eigenvalue weighted by Gasteiger charge is -2.19. The second-order valence-electron chi connectivity index (χ2n) is 5.31. The molecule has 1 amide bonds. The number of rotatable bonds is 4. The van der Waals surface area contributed by atoms with Crippen molar-refractivity contribution in [1.29, 1.82) is 0 Å². The molecule has 108 valence electrons. The number of anilines is 3. The first-order chi connectivity index (χ1) is 10.2. The standard InChI is InChI=1S/C17H19N3O/c18-14-10-13-6-7-17(21)20-15(13)11-16(14)19-9-8-12-4-2-1-3-5-12/h1-5,10-11,19H,6-9,18H2,(H,20,21). The summed E-state index contributed by atoms with van der Waals surface area (Å²) < 4.78 is 0. The summed E-state index contributed by atoms with van der Waals surface area (Å²) in [5.41, 5.74) is 11.0. The first kappa shape index (κ1) is 13.5. The number of benzene rings is 2. The normalized spacial score (nSPS) is 13.4. The number of hydrogen-bond acceptors (Lipinski definition) is 3. The molecule has 4 nitrogen and oxygen atoms in total. The zero-order chi connectivity index (χ0) is 14.7. The molecule has 0 aliphatic carbocycles. The maximum absolute atomic E-state index is 11.5. The number of carbonyl (C=O) groups is 1. The van der Waals surface area contributed by atoms with E-state index in [0.29, 0.717) is 6.42 Å². The fraction of sp³-hybridized carbons (Fsp3) is 0.235. The van der Waals surface area contributed by atoms with E-state index in [-0.39, 0.29) is 5.91 Å². The van der Waals surface area contributed by atoms with Crippen molar-refractivity contribution in [1.82, 2.24) is 0 Å². The van der Waals surface area contributed by atoms with Crippen molar-refractivity contribution in [2.45, 2.75) is 19.3 Å². The number of carbonyl (C=O) groups excluding carboxylic acids is 1. The monoisotopic (exact) mass is 281 g/mol. The van der Waals surface area contributed by atoms with Crippen LogP contribution in [0.25, 0.3) is 0 Å².